The summed E-state index contributed by atoms with van der Waals surface area (Å²) in [6.07, 6.45) is 1.81. The number of fused-ring (bicyclic) bond motifs is 1. The molecule has 74 valence electrons. The second-order valence-electron chi connectivity index (χ2n) is 3.25. The van der Waals surface area contributed by atoms with Gasteiger partial charge in [-0.3, -0.25) is 0 Å². The summed E-state index contributed by atoms with van der Waals surface area (Å²) in [5, 5.41) is 5.50. The number of rotatable bonds is 2. The van der Waals surface area contributed by atoms with Crippen LogP contribution < -0.4 is 0 Å². The molecule has 0 atom stereocenters. The molecule has 0 saturated carbocycles. The monoisotopic (exact) mass is 209 g/mol. The minimum Gasteiger partial charge on any atom is -0.247 e. The molecule has 0 radical (unpaired) electrons. The average Bonchev–Trinajstić information content (AvgIpc) is 2.55. The van der Waals surface area contributed by atoms with E-state index in [1.54, 1.807) is 0 Å². The highest BCUT2D eigenvalue weighted by molar-refractivity contribution is 6.17. The van der Waals surface area contributed by atoms with E-state index in [0.717, 1.165) is 28.8 Å². The SMILES string of the molecule is CCn1nc(C)c2cc(CCl)cnc21. The Morgan fingerprint density at radius 2 is 2.29 bits per heavy atom. The first-order valence-electron chi connectivity index (χ1n) is 4.64. The topological polar surface area (TPSA) is 30.7 Å². The highest BCUT2D eigenvalue weighted by Gasteiger charge is 2.07. The molecule has 0 amide bonds. The maximum absolute atomic E-state index is 5.75. The van der Waals surface area contributed by atoms with Crippen LogP contribution in [0.5, 0.6) is 0 Å². The van der Waals surface area contributed by atoms with Gasteiger partial charge >= 0.3 is 0 Å². The van der Waals surface area contributed by atoms with Crippen LogP contribution in [0.1, 0.15) is 18.2 Å². The van der Waals surface area contributed by atoms with Gasteiger partial charge < -0.3 is 0 Å². The zero-order valence-electron chi connectivity index (χ0n) is 8.29. The molecule has 0 N–H and O–H groups in total. The van der Waals surface area contributed by atoms with Crippen molar-refractivity contribution in [2.75, 3.05) is 0 Å². The molecule has 0 unspecified atom stereocenters. The highest BCUT2D eigenvalue weighted by Crippen LogP contribution is 2.17. The standard InChI is InChI=1S/C10H12ClN3/c1-3-14-10-9(7(2)13-14)4-8(5-11)6-12-10/h4,6H,3,5H2,1-2H3. The average molecular weight is 210 g/mol. The minimum atomic E-state index is 0.500. The Kier molecular flexibility index (Phi) is 2.42. The Morgan fingerprint density at radius 1 is 1.50 bits per heavy atom. The number of pyridine rings is 1. The van der Waals surface area contributed by atoms with Crippen LogP contribution in [-0.4, -0.2) is 14.8 Å². The van der Waals surface area contributed by atoms with E-state index in [9.17, 15) is 0 Å². The summed E-state index contributed by atoms with van der Waals surface area (Å²) in [5.41, 5.74) is 3.00. The minimum absolute atomic E-state index is 0.500. The van der Waals surface area contributed by atoms with E-state index in [2.05, 4.69) is 23.1 Å². The van der Waals surface area contributed by atoms with Gasteiger partial charge in [-0.25, -0.2) is 9.67 Å². The Labute approximate surface area is 87.7 Å². The van der Waals surface area contributed by atoms with Crippen LogP contribution >= 0.6 is 11.6 Å². The van der Waals surface area contributed by atoms with Crippen molar-refractivity contribution < 1.29 is 0 Å². The second kappa shape index (κ2) is 3.58. The van der Waals surface area contributed by atoms with Crippen LogP contribution in [0.4, 0.5) is 0 Å². The molecule has 0 bridgehead atoms. The van der Waals surface area contributed by atoms with E-state index in [1.165, 1.54) is 0 Å². The summed E-state index contributed by atoms with van der Waals surface area (Å²) in [7, 11) is 0. The van der Waals surface area contributed by atoms with E-state index < -0.39 is 0 Å². The molecule has 0 aliphatic heterocycles. The van der Waals surface area contributed by atoms with Crippen molar-refractivity contribution in [2.24, 2.45) is 0 Å². The summed E-state index contributed by atoms with van der Waals surface area (Å²) in [6.45, 7) is 4.90. The van der Waals surface area contributed by atoms with E-state index in [0.29, 0.717) is 5.88 Å². The third kappa shape index (κ3) is 1.38. The zero-order valence-corrected chi connectivity index (χ0v) is 9.04. The molecular weight excluding hydrogens is 198 g/mol. The molecule has 0 aliphatic rings. The maximum atomic E-state index is 5.75. The molecule has 3 nitrogen and oxygen atoms in total. The molecule has 2 rings (SSSR count). The van der Waals surface area contributed by atoms with Crippen LogP contribution in [0.15, 0.2) is 12.3 Å². The number of aromatic nitrogens is 3. The molecule has 2 aromatic rings. The summed E-state index contributed by atoms with van der Waals surface area (Å²) in [5.74, 6) is 0.500. The number of hydrogen-bond donors (Lipinski definition) is 0. The third-order valence-electron chi connectivity index (χ3n) is 2.28. The number of nitrogens with zero attached hydrogens (tertiary/aromatic N) is 3. The Bertz CT molecular complexity index is 462. The van der Waals surface area contributed by atoms with Crippen molar-refractivity contribution in [1.82, 2.24) is 14.8 Å². The summed E-state index contributed by atoms with van der Waals surface area (Å²) >= 11 is 5.75. The van der Waals surface area contributed by atoms with Crippen molar-refractivity contribution in [3.63, 3.8) is 0 Å². The number of halogens is 1. The lowest BCUT2D eigenvalue weighted by Crippen LogP contribution is -1.97. The molecule has 0 saturated heterocycles. The normalized spacial score (nSPS) is 11.1. The number of alkyl halides is 1. The fourth-order valence-corrected chi connectivity index (χ4v) is 1.69. The van der Waals surface area contributed by atoms with Crippen LogP contribution in [0, 0.1) is 6.92 Å². The van der Waals surface area contributed by atoms with Crippen molar-refractivity contribution in [1.29, 1.82) is 0 Å². The lowest BCUT2D eigenvalue weighted by Gasteiger charge is -1.97. The summed E-state index contributed by atoms with van der Waals surface area (Å²) < 4.78 is 1.91. The van der Waals surface area contributed by atoms with E-state index in [4.69, 9.17) is 11.6 Å². The van der Waals surface area contributed by atoms with Crippen LogP contribution in [0.25, 0.3) is 11.0 Å². The Hall–Kier alpha value is -1.09. The maximum Gasteiger partial charge on any atom is 0.157 e. The van der Waals surface area contributed by atoms with Crippen LogP contribution in [0.3, 0.4) is 0 Å². The van der Waals surface area contributed by atoms with Gasteiger partial charge in [0.2, 0.25) is 0 Å². The van der Waals surface area contributed by atoms with Crippen LogP contribution in [-0.2, 0) is 12.4 Å². The predicted octanol–water partition coefficient (Wildman–Crippen LogP) is 2.50. The van der Waals surface area contributed by atoms with Gasteiger partial charge in [0, 0.05) is 24.0 Å². The fraction of sp³-hybridized carbons (Fsp3) is 0.400. The van der Waals surface area contributed by atoms with Gasteiger partial charge in [-0.2, -0.15) is 5.10 Å². The van der Waals surface area contributed by atoms with Gasteiger partial charge in [0.15, 0.2) is 5.65 Å². The van der Waals surface area contributed by atoms with Crippen molar-refractivity contribution in [3.8, 4) is 0 Å². The highest BCUT2D eigenvalue weighted by atomic mass is 35.5. The first kappa shape index (κ1) is 9.46. The predicted molar refractivity (Wildman–Crippen MR) is 57.5 cm³/mol. The van der Waals surface area contributed by atoms with Crippen molar-refractivity contribution in [2.45, 2.75) is 26.3 Å². The zero-order chi connectivity index (χ0) is 10.1. The molecule has 0 fully saturated rings. The Balaban J connectivity index is 2.70. The third-order valence-corrected chi connectivity index (χ3v) is 2.59. The number of aryl methyl sites for hydroxylation is 2. The van der Waals surface area contributed by atoms with Gasteiger partial charge in [-0.15, -0.1) is 11.6 Å². The summed E-state index contributed by atoms with van der Waals surface area (Å²) in [6, 6.07) is 2.06. The van der Waals surface area contributed by atoms with Gasteiger partial charge in [0.1, 0.15) is 0 Å². The van der Waals surface area contributed by atoms with Gasteiger partial charge in [-0.05, 0) is 25.5 Å². The van der Waals surface area contributed by atoms with E-state index in [1.807, 2.05) is 17.8 Å². The molecule has 14 heavy (non-hydrogen) atoms. The molecule has 0 spiro atoms. The summed E-state index contributed by atoms with van der Waals surface area (Å²) in [4.78, 5) is 4.36. The first-order valence-corrected chi connectivity index (χ1v) is 5.17. The Morgan fingerprint density at radius 3 is 2.93 bits per heavy atom. The lowest BCUT2D eigenvalue weighted by molar-refractivity contribution is 0.669. The second-order valence-corrected chi connectivity index (χ2v) is 3.52. The van der Waals surface area contributed by atoms with Crippen molar-refractivity contribution in [3.05, 3.63) is 23.5 Å². The van der Waals surface area contributed by atoms with E-state index in [-0.39, 0.29) is 0 Å². The van der Waals surface area contributed by atoms with Gasteiger partial charge in [0.25, 0.3) is 0 Å². The van der Waals surface area contributed by atoms with Crippen LogP contribution in [0.2, 0.25) is 0 Å². The quantitative estimate of drug-likeness (QED) is 0.712. The molecule has 0 aliphatic carbocycles. The molecular formula is C10H12ClN3. The molecule has 0 aromatic carbocycles. The smallest absolute Gasteiger partial charge is 0.157 e. The number of hydrogen-bond acceptors (Lipinski definition) is 2. The van der Waals surface area contributed by atoms with Crippen molar-refractivity contribution >= 4 is 22.6 Å². The molecule has 2 aromatic heterocycles. The van der Waals surface area contributed by atoms with Gasteiger partial charge in [-0.1, -0.05) is 0 Å². The molecule has 2 heterocycles. The fourth-order valence-electron chi connectivity index (χ4n) is 1.55. The largest absolute Gasteiger partial charge is 0.247 e. The van der Waals surface area contributed by atoms with Gasteiger partial charge in [0.05, 0.1) is 5.69 Å². The lowest BCUT2D eigenvalue weighted by atomic mass is 10.2. The first-order chi connectivity index (χ1) is 6.76. The molecule has 4 heteroatoms. The van der Waals surface area contributed by atoms with E-state index >= 15 is 0 Å².